The average Bonchev–Trinajstić information content (AvgIpc) is 2.00. The highest BCUT2D eigenvalue weighted by Crippen LogP contribution is 2.05. The van der Waals surface area contributed by atoms with Gasteiger partial charge in [-0.15, -0.1) is 0 Å². The van der Waals surface area contributed by atoms with Gasteiger partial charge in [-0.25, -0.2) is 4.99 Å². The number of nitrogens with two attached hydrogens (primary N) is 1. The van der Waals surface area contributed by atoms with Gasteiger partial charge >= 0.3 is 0 Å². The first kappa shape index (κ1) is 9.43. The first-order valence-electron chi connectivity index (χ1n) is 2.84. The Morgan fingerprint density at radius 3 is 2.73 bits per heavy atom. The molecule has 0 aromatic rings. The molecule has 0 bridgehead atoms. The number of methoxy groups -OCH3 is 1. The smallest absolute Gasteiger partial charge is 0.259 e. The lowest BCUT2D eigenvalue weighted by atomic mass is 10.1. The molecule has 5 nitrogen and oxygen atoms in total. The predicted octanol–water partition coefficient (Wildman–Crippen LogP) is -0.571. The molecule has 1 unspecified atom stereocenters. The quantitative estimate of drug-likeness (QED) is 0.437. The number of hydrogen-bond donors (Lipinski definition) is 1. The molecule has 0 radical (unpaired) electrons. The van der Waals surface area contributed by atoms with Crippen molar-refractivity contribution in [1.82, 2.24) is 0 Å². The molecular weight excluding hydrogens is 146 g/mol. The number of carbonyl (C=O) groups is 1. The van der Waals surface area contributed by atoms with Crippen LogP contribution < -0.4 is 5.73 Å². The molecule has 0 fully saturated rings. The fourth-order valence-electron chi connectivity index (χ4n) is 0.306. The van der Waals surface area contributed by atoms with Crippen molar-refractivity contribution in [2.75, 3.05) is 7.11 Å². The van der Waals surface area contributed by atoms with Gasteiger partial charge < -0.3 is 10.5 Å². The Hall–Kier alpha value is -1.57. The Balaban J connectivity index is 4.51. The zero-order valence-electron chi connectivity index (χ0n) is 6.37. The van der Waals surface area contributed by atoms with Crippen molar-refractivity contribution in [2.24, 2.45) is 10.7 Å². The van der Waals surface area contributed by atoms with Gasteiger partial charge in [0.25, 0.3) is 5.91 Å². The lowest BCUT2D eigenvalue weighted by Gasteiger charge is -2.09. The molecule has 0 rings (SSSR count). The van der Waals surface area contributed by atoms with Gasteiger partial charge in [-0.1, -0.05) is 0 Å². The van der Waals surface area contributed by atoms with Gasteiger partial charge in [-0.2, -0.15) is 5.26 Å². The van der Waals surface area contributed by atoms with Crippen LogP contribution in [-0.2, 0) is 9.53 Å². The van der Waals surface area contributed by atoms with Crippen molar-refractivity contribution >= 4 is 12.3 Å². The summed E-state index contributed by atoms with van der Waals surface area (Å²) in [6.07, 6.45) is 1.01. The van der Waals surface area contributed by atoms with Crippen LogP contribution in [0.4, 0.5) is 0 Å². The van der Waals surface area contributed by atoms with Gasteiger partial charge in [0.2, 0.25) is 5.54 Å². The molecule has 0 aliphatic heterocycles. The van der Waals surface area contributed by atoms with Crippen molar-refractivity contribution in [3.05, 3.63) is 0 Å². The minimum atomic E-state index is -1.52. The summed E-state index contributed by atoms with van der Waals surface area (Å²) >= 11 is 0. The van der Waals surface area contributed by atoms with E-state index in [1.807, 2.05) is 0 Å². The summed E-state index contributed by atoms with van der Waals surface area (Å²) < 4.78 is 4.44. The molecule has 1 atom stereocenters. The Morgan fingerprint density at radius 2 is 2.45 bits per heavy atom. The summed E-state index contributed by atoms with van der Waals surface area (Å²) in [5.74, 6) is -0.798. The number of hydrogen-bond acceptors (Lipinski definition) is 4. The van der Waals surface area contributed by atoms with E-state index in [-0.39, 0.29) is 0 Å². The van der Waals surface area contributed by atoms with E-state index in [1.54, 1.807) is 6.07 Å². The van der Waals surface area contributed by atoms with E-state index in [2.05, 4.69) is 9.73 Å². The predicted molar refractivity (Wildman–Crippen MR) is 38.7 cm³/mol. The lowest BCUT2D eigenvalue weighted by Crippen LogP contribution is -2.37. The number of nitriles is 1. The van der Waals surface area contributed by atoms with Gasteiger partial charge in [0.15, 0.2) is 6.40 Å². The standard InChI is InChI=1S/C6H9N3O2/c1-6(3-7,5(8)10)9-4-11-2/h4H,1-2H3,(H2,8,10). The maximum absolute atomic E-state index is 10.6. The average molecular weight is 155 g/mol. The van der Waals surface area contributed by atoms with Crippen LogP contribution in [0.3, 0.4) is 0 Å². The van der Waals surface area contributed by atoms with E-state index >= 15 is 0 Å². The summed E-state index contributed by atoms with van der Waals surface area (Å²) in [5.41, 5.74) is 3.37. The molecule has 0 aromatic heterocycles. The van der Waals surface area contributed by atoms with Crippen LogP contribution >= 0.6 is 0 Å². The van der Waals surface area contributed by atoms with Crippen molar-refractivity contribution in [1.29, 1.82) is 5.26 Å². The second-order valence-electron chi connectivity index (χ2n) is 2.02. The Labute approximate surface area is 64.5 Å². The Bertz CT molecular complexity index is 218. The molecule has 2 N–H and O–H groups in total. The first-order valence-corrected chi connectivity index (χ1v) is 2.84. The third-order valence-electron chi connectivity index (χ3n) is 1.11. The van der Waals surface area contributed by atoms with E-state index in [1.165, 1.54) is 14.0 Å². The zero-order chi connectivity index (χ0) is 8.91. The molecule has 0 heterocycles. The zero-order valence-corrected chi connectivity index (χ0v) is 6.37. The molecule has 0 aliphatic rings. The number of amides is 1. The molecule has 0 saturated carbocycles. The van der Waals surface area contributed by atoms with Crippen LogP contribution in [0, 0.1) is 11.3 Å². The molecule has 0 aromatic carbocycles. The summed E-state index contributed by atoms with van der Waals surface area (Å²) in [6, 6.07) is 1.66. The maximum Gasteiger partial charge on any atom is 0.259 e. The number of carbonyl (C=O) groups excluding carboxylic acids is 1. The molecule has 5 heteroatoms. The van der Waals surface area contributed by atoms with Crippen molar-refractivity contribution in [3.63, 3.8) is 0 Å². The van der Waals surface area contributed by atoms with Crippen LogP contribution in [-0.4, -0.2) is 25.0 Å². The van der Waals surface area contributed by atoms with Crippen LogP contribution in [0.25, 0.3) is 0 Å². The molecule has 0 aliphatic carbocycles. The minimum absolute atomic E-state index is 0.798. The van der Waals surface area contributed by atoms with E-state index in [0.29, 0.717) is 0 Å². The number of rotatable bonds is 3. The number of primary amides is 1. The molecule has 11 heavy (non-hydrogen) atoms. The van der Waals surface area contributed by atoms with Gasteiger partial charge in [-0.3, -0.25) is 4.79 Å². The highest BCUT2D eigenvalue weighted by Gasteiger charge is 2.29. The minimum Gasteiger partial charge on any atom is -0.487 e. The van der Waals surface area contributed by atoms with Crippen LogP contribution in [0.15, 0.2) is 4.99 Å². The van der Waals surface area contributed by atoms with E-state index in [0.717, 1.165) is 6.40 Å². The van der Waals surface area contributed by atoms with Crippen molar-refractivity contribution in [2.45, 2.75) is 12.5 Å². The Morgan fingerprint density at radius 1 is 1.91 bits per heavy atom. The molecular formula is C6H9N3O2. The molecule has 0 spiro atoms. The number of ether oxygens (including phenoxy) is 1. The van der Waals surface area contributed by atoms with E-state index in [9.17, 15) is 4.79 Å². The topological polar surface area (TPSA) is 88.5 Å². The highest BCUT2D eigenvalue weighted by atomic mass is 16.5. The Kier molecular flexibility index (Phi) is 3.05. The second-order valence-corrected chi connectivity index (χ2v) is 2.02. The van der Waals surface area contributed by atoms with Crippen LogP contribution in [0.1, 0.15) is 6.92 Å². The fraction of sp³-hybridized carbons (Fsp3) is 0.500. The second kappa shape index (κ2) is 3.56. The summed E-state index contributed by atoms with van der Waals surface area (Å²) in [4.78, 5) is 14.1. The largest absolute Gasteiger partial charge is 0.487 e. The van der Waals surface area contributed by atoms with E-state index < -0.39 is 11.4 Å². The maximum atomic E-state index is 10.6. The number of aliphatic imine (C=N–C) groups is 1. The van der Waals surface area contributed by atoms with E-state index in [4.69, 9.17) is 11.0 Å². The fourth-order valence-corrected chi connectivity index (χ4v) is 0.306. The highest BCUT2D eigenvalue weighted by molar-refractivity contribution is 5.88. The molecule has 1 amide bonds. The van der Waals surface area contributed by atoms with Crippen LogP contribution in [0.5, 0.6) is 0 Å². The normalized spacial score (nSPS) is 15.4. The molecule has 60 valence electrons. The third kappa shape index (κ3) is 2.26. The summed E-state index contributed by atoms with van der Waals surface area (Å²) in [5, 5.41) is 8.46. The number of nitrogens with zero attached hydrogens (tertiary/aromatic N) is 2. The van der Waals surface area contributed by atoms with Crippen molar-refractivity contribution in [3.8, 4) is 6.07 Å². The summed E-state index contributed by atoms with van der Waals surface area (Å²) in [6.45, 7) is 1.31. The SMILES string of the molecule is COC=NC(C)(C#N)C(N)=O. The monoisotopic (exact) mass is 155 g/mol. The van der Waals surface area contributed by atoms with Gasteiger partial charge in [0.05, 0.1) is 7.11 Å². The third-order valence-corrected chi connectivity index (χ3v) is 1.11. The van der Waals surface area contributed by atoms with Gasteiger partial charge in [-0.05, 0) is 6.92 Å². The summed E-state index contributed by atoms with van der Waals surface area (Å²) in [7, 11) is 1.36. The van der Waals surface area contributed by atoms with Crippen LogP contribution in [0.2, 0.25) is 0 Å². The van der Waals surface area contributed by atoms with Gasteiger partial charge in [0.1, 0.15) is 6.07 Å². The van der Waals surface area contributed by atoms with Crippen molar-refractivity contribution < 1.29 is 9.53 Å². The first-order chi connectivity index (χ1) is 5.06. The molecule has 0 saturated heterocycles. The van der Waals surface area contributed by atoms with Gasteiger partial charge in [0, 0.05) is 0 Å². The lowest BCUT2D eigenvalue weighted by molar-refractivity contribution is -0.120.